The molecule has 0 aromatic heterocycles. The van der Waals surface area contributed by atoms with Crippen LogP contribution in [0.15, 0.2) is 42.5 Å². The quantitative estimate of drug-likeness (QED) is 0.331. The lowest BCUT2D eigenvalue weighted by molar-refractivity contribution is -0.385. The molecule has 2 N–H and O–H groups in total. The van der Waals surface area contributed by atoms with Crippen LogP contribution in [0.3, 0.4) is 0 Å². The van der Waals surface area contributed by atoms with Crippen LogP contribution in [0.4, 0.5) is 11.4 Å². The molecule has 170 valence electrons. The summed E-state index contributed by atoms with van der Waals surface area (Å²) in [5.41, 5.74) is 0.718. The summed E-state index contributed by atoms with van der Waals surface area (Å²) in [7, 11) is 0. The van der Waals surface area contributed by atoms with E-state index in [0.29, 0.717) is 17.0 Å². The third kappa shape index (κ3) is 6.52. The maximum Gasteiger partial charge on any atom is 0.329 e. The zero-order chi connectivity index (χ0) is 23.8. The lowest BCUT2D eigenvalue weighted by Crippen LogP contribution is -2.46. The number of carbonyl (C=O) groups excluding carboxylic acids is 3. The van der Waals surface area contributed by atoms with E-state index < -0.39 is 35.4 Å². The highest BCUT2D eigenvalue weighted by Gasteiger charge is 2.28. The number of benzene rings is 2. The number of rotatable bonds is 9. The van der Waals surface area contributed by atoms with Gasteiger partial charge >= 0.3 is 5.97 Å². The Morgan fingerprint density at radius 1 is 1.16 bits per heavy atom. The van der Waals surface area contributed by atoms with Crippen LogP contribution < -0.4 is 10.6 Å². The standard InChI is InChI=1S/C22H24ClN3O6/c1-4-13(2)20(25-21(28)15-8-10-16(23)11-9-15)22(29)32-12-19(27)24-17-6-5-7-18(14(17)3)26(30)31/h5-11,13,20H,4,12H2,1-3H3,(H,24,27)(H,25,28)/t13-,20-/m0/s1. The van der Waals surface area contributed by atoms with E-state index in [9.17, 15) is 24.5 Å². The van der Waals surface area contributed by atoms with Gasteiger partial charge in [-0.3, -0.25) is 19.7 Å². The molecule has 0 spiro atoms. The van der Waals surface area contributed by atoms with Crippen LogP contribution in [0.2, 0.25) is 5.02 Å². The Balaban J connectivity index is 2.01. The first-order valence-corrected chi connectivity index (χ1v) is 10.3. The zero-order valence-corrected chi connectivity index (χ0v) is 18.6. The Morgan fingerprint density at radius 2 is 1.81 bits per heavy atom. The van der Waals surface area contributed by atoms with Crippen molar-refractivity contribution in [3.05, 3.63) is 68.7 Å². The molecule has 2 rings (SSSR count). The predicted molar refractivity (Wildman–Crippen MR) is 120 cm³/mol. The van der Waals surface area contributed by atoms with Crippen molar-refractivity contribution in [2.75, 3.05) is 11.9 Å². The van der Waals surface area contributed by atoms with Crippen molar-refractivity contribution >= 4 is 40.8 Å². The van der Waals surface area contributed by atoms with Crippen LogP contribution in [0.5, 0.6) is 0 Å². The molecule has 0 saturated heterocycles. The van der Waals surface area contributed by atoms with E-state index in [1.807, 2.05) is 6.92 Å². The van der Waals surface area contributed by atoms with E-state index in [0.717, 1.165) is 0 Å². The molecular formula is C22H24ClN3O6. The number of hydrogen-bond donors (Lipinski definition) is 2. The SMILES string of the molecule is CC[C@H](C)[C@H](NC(=O)c1ccc(Cl)cc1)C(=O)OCC(=O)Nc1cccc([N+](=O)[O-])c1C. The van der Waals surface area contributed by atoms with E-state index in [4.69, 9.17) is 16.3 Å². The smallest absolute Gasteiger partial charge is 0.329 e. The van der Waals surface area contributed by atoms with Crippen molar-refractivity contribution in [2.24, 2.45) is 5.92 Å². The fraction of sp³-hybridized carbons (Fsp3) is 0.318. The number of nitro groups is 1. The fourth-order valence-corrected chi connectivity index (χ4v) is 2.99. The molecule has 0 unspecified atom stereocenters. The molecule has 32 heavy (non-hydrogen) atoms. The third-order valence-corrected chi connectivity index (χ3v) is 5.23. The lowest BCUT2D eigenvalue weighted by Gasteiger charge is -2.22. The minimum absolute atomic E-state index is 0.137. The van der Waals surface area contributed by atoms with Crippen molar-refractivity contribution < 1.29 is 24.0 Å². The number of hydrogen-bond acceptors (Lipinski definition) is 6. The van der Waals surface area contributed by atoms with E-state index in [1.54, 1.807) is 19.1 Å². The molecule has 0 heterocycles. The number of ether oxygens (including phenoxy) is 1. The molecule has 10 heteroatoms. The number of anilines is 1. The van der Waals surface area contributed by atoms with Gasteiger partial charge in [0.25, 0.3) is 17.5 Å². The summed E-state index contributed by atoms with van der Waals surface area (Å²) in [5.74, 6) is -2.14. The average molecular weight is 462 g/mol. The molecule has 0 saturated carbocycles. The topological polar surface area (TPSA) is 128 Å². The van der Waals surface area contributed by atoms with E-state index >= 15 is 0 Å². The minimum Gasteiger partial charge on any atom is -0.454 e. The summed E-state index contributed by atoms with van der Waals surface area (Å²) in [6, 6.07) is 9.51. The van der Waals surface area contributed by atoms with Gasteiger partial charge in [-0.05, 0) is 43.2 Å². The monoisotopic (exact) mass is 461 g/mol. The van der Waals surface area contributed by atoms with Gasteiger partial charge in [0.1, 0.15) is 6.04 Å². The number of carbonyl (C=O) groups is 3. The predicted octanol–water partition coefficient (Wildman–Crippen LogP) is 3.88. The van der Waals surface area contributed by atoms with Crippen LogP contribution in [-0.2, 0) is 14.3 Å². The molecule has 9 nitrogen and oxygen atoms in total. The summed E-state index contributed by atoms with van der Waals surface area (Å²) in [4.78, 5) is 47.8. The molecule has 2 atom stereocenters. The van der Waals surface area contributed by atoms with Gasteiger partial charge in [-0.25, -0.2) is 4.79 Å². The molecule has 2 aromatic rings. The van der Waals surface area contributed by atoms with Gasteiger partial charge in [0.15, 0.2) is 6.61 Å². The number of nitro benzene ring substituents is 1. The van der Waals surface area contributed by atoms with Gasteiger partial charge in [0, 0.05) is 16.7 Å². The number of halogens is 1. The third-order valence-electron chi connectivity index (χ3n) is 4.98. The molecule has 0 aliphatic rings. The van der Waals surface area contributed by atoms with E-state index in [2.05, 4.69) is 10.6 Å². The Bertz CT molecular complexity index is 1010. The molecule has 0 fully saturated rings. The van der Waals surface area contributed by atoms with Gasteiger partial charge in [-0.1, -0.05) is 37.9 Å². The Labute approximate surface area is 190 Å². The Hall–Kier alpha value is -3.46. The maximum absolute atomic E-state index is 12.6. The van der Waals surface area contributed by atoms with Crippen LogP contribution in [0.1, 0.15) is 36.2 Å². The summed E-state index contributed by atoms with van der Waals surface area (Å²) >= 11 is 5.83. The van der Waals surface area contributed by atoms with Crippen LogP contribution in [0, 0.1) is 23.0 Å². The molecule has 2 amide bonds. The molecule has 0 aliphatic heterocycles. The number of esters is 1. The Morgan fingerprint density at radius 3 is 2.41 bits per heavy atom. The van der Waals surface area contributed by atoms with E-state index in [-0.39, 0.29) is 22.9 Å². The average Bonchev–Trinajstić information content (AvgIpc) is 2.76. The second-order valence-corrected chi connectivity index (χ2v) is 7.64. The Kier molecular flexibility index (Phi) is 8.71. The van der Waals surface area contributed by atoms with Crippen molar-refractivity contribution in [3.8, 4) is 0 Å². The number of nitrogens with one attached hydrogen (secondary N) is 2. The first-order chi connectivity index (χ1) is 15.1. The summed E-state index contributed by atoms with van der Waals surface area (Å²) in [6.45, 7) is 4.54. The minimum atomic E-state index is -0.962. The highest BCUT2D eigenvalue weighted by Crippen LogP contribution is 2.25. The highest BCUT2D eigenvalue weighted by atomic mass is 35.5. The first kappa shape index (κ1) is 24.8. The normalized spacial score (nSPS) is 12.4. The van der Waals surface area contributed by atoms with Crippen LogP contribution >= 0.6 is 11.6 Å². The largest absolute Gasteiger partial charge is 0.454 e. The van der Waals surface area contributed by atoms with Gasteiger partial charge in [0.2, 0.25) is 0 Å². The molecule has 2 aromatic carbocycles. The van der Waals surface area contributed by atoms with Gasteiger partial charge in [-0.15, -0.1) is 0 Å². The number of nitrogens with zero attached hydrogens (tertiary/aromatic N) is 1. The van der Waals surface area contributed by atoms with E-state index in [1.165, 1.54) is 37.3 Å². The van der Waals surface area contributed by atoms with Crippen molar-refractivity contribution in [2.45, 2.75) is 33.2 Å². The second-order valence-electron chi connectivity index (χ2n) is 7.21. The van der Waals surface area contributed by atoms with Crippen LogP contribution in [-0.4, -0.2) is 35.4 Å². The first-order valence-electron chi connectivity index (χ1n) is 9.91. The molecular weight excluding hydrogens is 438 g/mol. The number of amides is 2. The summed E-state index contributed by atoms with van der Waals surface area (Å²) < 4.78 is 5.11. The van der Waals surface area contributed by atoms with Gasteiger partial charge in [0.05, 0.1) is 16.2 Å². The molecule has 0 bridgehead atoms. The van der Waals surface area contributed by atoms with Crippen molar-refractivity contribution in [1.82, 2.24) is 5.32 Å². The fourth-order valence-electron chi connectivity index (χ4n) is 2.86. The van der Waals surface area contributed by atoms with Gasteiger partial charge < -0.3 is 15.4 Å². The maximum atomic E-state index is 12.6. The highest BCUT2D eigenvalue weighted by molar-refractivity contribution is 6.30. The van der Waals surface area contributed by atoms with Gasteiger partial charge in [-0.2, -0.15) is 0 Å². The zero-order valence-electron chi connectivity index (χ0n) is 17.9. The molecule has 0 aliphatic carbocycles. The van der Waals surface area contributed by atoms with Crippen LogP contribution in [0.25, 0.3) is 0 Å². The van der Waals surface area contributed by atoms with Crippen molar-refractivity contribution in [1.29, 1.82) is 0 Å². The summed E-state index contributed by atoms with van der Waals surface area (Å²) in [5, 5.41) is 16.6. The van der Waals surface area contributed by atoms with Crippen molar-refractivity contribution in [3.63, 3.8) is 0 Å². The lowest BCUT2D eigenvalue weighted by atomic mass is 9.99. The molecule has 0 radical (unpaired) electrons. The second kappa shape index (κ2) is 11.2. The summed E-state index contributed by atoms with van der Waals surface area (Å²) in [6.07, 6.45) is 0.583.